The summed E-state index contributed by atoms with van der Waals surface area (Å²) in [6.45, 7) is 6.71. The van der Waals surface area contributed by atoms with Crippen LogP contribution in [0.25, 0.3) is 17.1 Å². The lowest BCUT2D eigenvalue weighted by Crippen LogP contribution is -2.09. The summed E-state index contributed by atoms with van der Waals surface area (Å²) in [5, 5.41) is 13.5. The van der Waals surface area contributed by atoms with Gasteiger partial charge in [0.2, 0.25) is 0 Å². The molecule has 3 aromatic heterocycles. The molecule has 0 saturated heterocycles. The molecule has 0 aliphatic heterocycles. The minimum absolute atomic E-state index is 0.259. The Kier molecular flexibility index (Phi) is 5.62. The molecule has 0 spiro atoms. The number of aryl methyl sites for hydroxylation is 1. The van der Waals surface area contributed by atoms with Gasteiger partial charge in [-0.25, -0.2) is 23.7 Å². The average Bonchev–Trinajstić information content (AvgIpc) is 3.52. The van der Waals surface area contributed by atoms with Crippen molar-refractivity contribution in [2.45, 2.75) is 46.6 Å². The zero-order valence-corrected chi connectivity index (χ0v) is 19.6. The minimum Gasteiger partial charge on any atom is -0.325 e. The summed E-state index contributed by atoms with van der Waals surface area (Å²) in [5.41, 5.74) is 4.40. The Balaban J connectivity index is 1.55. The van der Waals surface area contributed by atoms with Crippen molar-refractivity contribution in [3.05, 3.63) is 64.5 Å². The molecule has 0 unspecified atom stereocenters. The van der Waals surface area contributed by atoms with E-state index in [1.54, 1.807) is 16.8 Å². The van der Waals surface area contributed by atoms with Gasteiger partial charge in [0.25, 0.3) is 0 Å². The molecule has 9 heteroatoms. The number of hydrogen-bond acceptors (Lipinski definition) is 5. The van der Waals surface area contributed by atoms with Crippen LogP contribution in [0.3, 0.4) is 0 Å². The Morgan fingerprint density at radius 3 is 2.52 bits per heavy atom. The fourth-order valence-corrected chi connectivity index (χ4v) is 4.11. The van der Waals surface area contributed by atoms with Crippen LogP contribution in [0.4, 0.5) is 16.0 Å². The minimum atomic E-state index is -0.259. The second kappa shape index (κ2) is 8.59. The SMILES string of the molecule is CCc1c(-c2ccc(F)cc2)nn(CC2CC2)c1Nc1cc(-n2nc(C)c(Cl)c2C)ncn1. The second-order valence-electron chi connectivity index (χ2n) is 8.44. The maximum Gasteiger partial charge on any atom is 0.159 e. The Bertz CT molecular complexity index is 1310. The summed E-state index contributed by atoms with van der Waals surface area (Å²) in [5.74, 6) is 2.55. The lowest BCUT2D eigenvalue weighted by atomic mass is 10.1. The fraction of sp³-hybridized carbons (Fsp3) is 0.333. The highest BCUT2D eigenvalue weighted by Gasteiger charge is 2.26. The predicted molar refractivity (Wildman–Crippen MR) is 127 cm³/mol. The van der Waals surface area contributed by atoms with E-state index in [1.165, 1.54) is 31.3 Å². The summed E-state index contributed by atoms with van der Waals surface area (Å²) in [4.78, 5) is 8.82. The zero-order valence-electron chi connectivity index (χ0n) is 18.8. The number of benzene rings is 1. The molecule has 1 aliphatic carbocycles. The maximum atomic E-state index is 13.5. The zero-order chi connectivity index (χ0) is 23.1. The standard InChI is InChI=1S/C24H25ClFN7/c1-4-19-23(17-7-9-18(26)10-8-17)31-32(12-16-5-6-16)24(19)29-20-11-21(28-13-27-20)33-15(3)22(25)14(2)30-33/h7-11,13,16H,4-6,12H2,1-3H3,(H,27,28,29). The van der Waals surface area contributed by atoms with E-state index in [9.17, 15) is 4.39 Å². The van der Waals surface area contributed by atoms with E-state index < -0.39 is 0 Å². The summed E-state index contributed by atoms with van der Waals surface area (Å²) in [6, 6.07) is 8.34. The van der Waals surface area contributed by atoms with Crippen LogP contribution in [0.2, 0.25) is 5.02 Å². The molecule has 170 valence electrons. The van der Waals surface area contributed by atoms with Crippen LogP contribution in [0.1, 0.15) is 36.7 Å². The fourth-order valence-electron chi connectivity index (χ4n) is 3.99. The number of nitrogens with zero attached hydrogens (tertiary/aromatic N) is 6. The molecule has 33 heavy (non-hydrogen) atoms. The van der Waals surface area contributed by atoms with E-state index in [0.717, 1.165) is 47.0 Å². The van der Waals surface area contributed by atoms with Crippen molar-refractivity contribution in [1.82, 2.24) is 29.5 Å². The Labute approximate surface area is 196 Å². The van der Waals surface area contributed by atoms with E-state index in [4.69, 9.17) is 16.7 Å². The third-order valence-electron chi connectivity index (χ3n) is 5.97. The first-order valence-electron chi connectivity index (χ1n) is 11.1. The van der Waals surface area contributed by atoms with Gasteiger partial charge in [-0.3, -0.25) is 0 Å². The number of aromatic nitrogens is 6. The first kappa shape index (κ1) is 21.6. The van der Waals surface area contributed by atoms with Crippen LogP contribution in [0.5, 0.6) is 0 Å². The molecular weight excluding hydrogens is 441 g/mol. The Morgan fingerprint density at radius 1 is 1.12 bits per heavy atom. The van der Waals surface area contributed by atoms with E-state index in [0.29, 0.717) is 22.6 Å². The van der Waals surface area contributed by atoms with Crippen LogP contribution in [-0.4, -0.2) is 29.5 Å². The van der Waals surface area contributed by atoms with Crippen molar-refractivity contribution in [3.8, 4) is 17.1 Å². The topological polar surface area (TPSA) is 73.5 Å². The molecule has 1 fully saturated rings. The van der Waals surface area contributed by atoms with E-state index in [-0.39, 0.29) is 5.82 Å². The monoisotopic (exact) mass is 465 g/mol. The molecule has 1 aromatic carbocycles. The van der Waals surface area contributed by atoms with E-state index in [1.807, 2.05) is 24.6 Å². The number of anilines is 2. The molecule has 0 amide bonds. The van der Waals surface area contributed by atoms with Crippen LogP contribution in [0, 0.1) is 25.6 Å². The molecule has 1 N–H and O–H groups in total. The van der Waals surface area contributed by atoms with Crippen molar-refractivity contribution >= 4 is 23.2 Å². The molecule has 0 bridgehead atoms. The Morgan fingerprint density at radius 2 is 1.88 bits per heavy atom. The molecule has 4 aromatic rings. The van der Waals surface area contributed by atoms with Crippen LogP contribution in [-0.2, 0) is 13.0 Å². The van der Waals surface area contributed by atoms with Gasteiger partial charge in [0, 0.05) is 23.7 Å². The van der Waals surface area contributed by atoms with Gasteiger partial charge in [-0.1, -0.05) is 18.5 Å². The van der Waals surface area contributed by atoms with Crippen molar-refractivity contribution in [2.24, 2.45) is 5.92 Å². The molecule has 5 rings (SSSR count). The first-order valence-corrected chi connectivity index (χ1v) is 11.5. The normalized spacial score (nSPS) is 13.5. The van der Waals surface area contributed by atoms with Gasteiger partial charge < -0.3 is 5.32 Å². The Hall–Kier alpha value is -3.26. The van der Waals surface area contributed by atoms with Crippen LogP contribution < -0.4 is 5.32 Å². The highest BCUT2D eigenvalue weighted by molar-refractivity contribution is 6.31. The molecule has 7 nitrogen and oxygen atoms in total. The molecule has 0 radical (unpaired) electrons. The quantitative estimate of drug-likeness (QED) is 0.381. The predicted octanol–water partition coefficient (Wildman–Crippen LogP) is 5.65. The number of rotatable bonds is 7. The highest BCUT2D eigenvalue weighted by Crippen LogP contribution is 2.36. The lowest BCUT2D eigenvalue weighted by Gasteiger charge is -2.12. The van der Waals surface area contributed by atoms with Gasteiger partial charge in [0.1, 0.15) is 23.8 Å². The van der Waals surface area contributed by atoms with E-state index >= 15 is 0 Å². The van der Waals surface area contributed by atoms with Gasteiger partial charge >= 0.3 is 0 Å². The van der Waals surface area contributed by atoms with Gasteiger partial charge in [0.15, 0.2) is 5.82 Å². The van der Waals surface area contributed by atoms with Crippen molar-refractivity contribution < 1.29 is 4.39 Å². The van der Waals surface area contributed by atoms with Crippen molar-refractivity contribution in [1.29, 1.82) is 0 Å². The highest BCUT2D eigenvalue weighted by atomic mass is 35.5. The molecule has 3 heterocycles. The van der Waals surface area contributed by atoms with Gasteiger partial charge in [0.05, 0.1) is 22.1 Å². The van der Waals surface area contributed by atoms with Gasteiger partial charge in [-0.2, -0.15) is 10.2 Å². The third kappa shape index (κ3) is 4.23. The van der Waals surface area contributed by atoms with E-state index in [2.05, 4.69) is 27.3 Å². The molecular formula is C24H25ClFN7. The average molecular weight is 466 g/mol. The summed E-state index contributed by atoms with van der Waals surface area (Å²) in [7, 11) is 0. The first-order chi connectivity index (χ1) is 15.9. The maximum absolute atomic E-state index is 13.5. The summed E-state index contributed by atoms with van der Waals surface area (Å²) >= 11 is 6.33. The molecule has 0 atom stereocenters. The lowest BCUT2D eigenvalue weighted by molar-refractivity contribution is 0.571. The second-order valence-corrected chi connectivity index (χ2v) is 8.82. The van der Waals surface area contributed by atoms with Crippen LogP contribution in [0.15, 0.2) is 36.7 Å². The molecule has 1 saturated carbocycles. The van der Waals surface area contributed by atoms with Crippen molar-refractivity contribution in [3.63, 3.8) is 0 Å². The van der Waals surface area contributed by atoms with Gasteiger partial charge in [-0.15, -0.1) is 0 Å². The largest absolute Gasteiger partial charge is 0.325 e. The van der Waals surface area contributed by atoms with Gasteiger partial charge in [-0.05, 0) is 63.3 Å². The van der Waals surface area contributed by atoms with Crippen LogP contribution >= 0.6 is 11.6 Å². The number of nitrogens with one attached hydrogen (secondary N) is 1. The summed E-state index contributed by atoms with van der Waals surface area (Å²) in [6.07, 6.45) is 4.70. The molecule has 1 aliphatic rings. The van der Waals surface area contributed by atoms with Crippen molar-refractivity contribution in [2.75, 3.05) is 5.32 Å². The number of halogens is 2. The third-order valence-corrected chi connectivity index (χ3v) is 6.52. The smallest absolute Gasteiger partial charge is 0.159 e. The summed E-state index contributed by atoms with van der Waals surface area (Å²) < 4.78 is 17.2. The number of hydrogen-bond donors (Lipinski definition) is 1.